The lowest BCUT2D eigenvalue weighted by Crippen LogP contribution is -2.06. The molecule has 0 amide bonds. The highest BCUT2D eigenvalue weighted by Gasteiger charge is 2.17. The van der Waals surface area contributed by atoms with Crippen LogP contribution in [0.3, 0.4) is 0 Å². The van der Waals surface area contributed by atoms with Crippen LogP contribution in [-0.2, 0) is 0 Å². The molecule has 0 radical (unpaired) electrons. The summed E-state index contributed by atoms with van der Waals surface area (Å²) < 4.78 is 13.5. The van der Waals surface area contributed by atoms with E-state index in [1.165, 1.54) is 19.2 Å². The van der Waals surface area contributed by atoms with E-state index in [2.05, 4.69) is 4.98 Å². The molecule has 0 unspecified atom stereocenters. The van der Waals surface area contributed by atoms with Crippen LogP contribution >= 0.6 is 0 Å². The largest absolute Gasteiger partial charge is 0.505 e. The molecule has 1 rings (SSSR count). The minimum absolute atomic E-state index is 0.0828. The number of aromatic nitrogens is 1. The predicted molar refractivity (Wildman–Crippen MR) is 57.8 cm³/mol. The number of rotatable bonds is 3. The van der Waals surface area contributed by atoms with Gasteiger partial charge in [0.1, 0.15) is 11.3 Å². The molecule has 86 valence electrons. The Kier molecular flexibility index (Phi) is 3.60. The molecule has 1 heterocycles. The molecule has 0 bridgehead atoms. The van der Waals surface area contributed by atoms with Gasteiger partial charge in [-0.25, -0.2) is 4.39 Å². The van der Waals surface area contributed by atoms with Gasteiger partial charge in [0.15, 0.2) is 11.6 Å². The number of ketones is 1. The van der Waals surface area contributed by atoms with Gasteiger partial charge in [-0.05, 0) is 6.92 Å². The van der Waals surface area contributed by atoms with Crippen molar-refractivity contribution in [2.75, 3.05) is 14.1 Å². The fraction of sp³-hybridized carbons (Fsp3) is 0.273. The molecule has 1 aromatic heterocycles. The molecule has 0 aliphatic rings. The SMILES string of the molecule is Cc1ncc(O)c(C(=O)C=CN(C)C)c1F. The third kappa shape index (κ3) is 2.56. The van der Waals surface area contributed by atoms with Crippen molar-refractivity contribution in [1.82, 2.24) is 9.88 Å². The first-order valence-corrected chi connectivity index (χ1v) is 4.66. The molecular weight excluding hydrogens is 211 g/mol. The van der Waals surface area contributed by atoms with Crippen molar-refractivity contribution < 1.29 is 14.3 Å². The molecule has 0 aliphatic heterocycles. The Balaban J connectivity index is 3.13. The molecule has 4 nitrogen and oxygen atoms in total. The Labute approximate surface area is 93.0 Å². The van der Waals surface area contributed by atoms with Crippen molar-refractivity contribution >= 4 is 5.78 Å². The van der Waals surface area contributed by atoms with Crippen LogP contribution in [0.15, 0.2) is 18.5 Å². The van der Waals surface area contributed by atoms with Gasteiger partial charge in [0.2, 0.25) is 0 Å². The molecule has 0 saturated carbocycles. The lowest BCUT2D eigenvalue weighted by molar-refractivity contribution is 0.103. The molecule has 0 aromatic carbocycles. The van der Waals surface area contributed by atoms with Crippen LogP contribution in [0.4, 0.5) is 4.39 Å². The third-order valence-electron chi connectivity index (χ3n) is 1.94. The van der Waals surface area contributed by atoms with Crippen molar-refractivity contribution in [1.29, 1.82) is 0 Å². The summed E-state index contributed by atoms with van der Waals surface area (Å²) in [4.78, 5) is 16.8. The summed E-state index contributed by atoms with van der Waals surface area (Å²) in [6.45, 7) is 1.43. The van der Waals surface area contributed by atoms with E-state index in [-0.39, 0.29) is 11.3 Å². The summed E-state index contributed by atoms with van der Waals surface area (Å²) in [7, 11) is 3.47. The minimum Gasteiger partial charge on any atom is -0.505 e. The first-order valence-electron chi connectivity index (χ1n) is 4.66. The Bertz CT molecular complexity index is 442. The van der Waals surface area contributed by atoms with Gasteiger partial charge in [-0.2, -0.15) is 0 Å². The van der Waals surface area contributed by atoms with E-state index >= 15 is 0 Å². The molecule has 0 fully saturated rings. The maximum atomic E-state index is 13.5. The summed E-state index contributed by atoms with van der Waals surface area (Å²) in [5.74, 6) is -1.82. The smallest absolute Gasteiger partial charge is 0.194 e. The summed E-state index contributed by atoms with van der Waals surface area (Å²) in [6.07, 6.45) is 3.74. The first-order chi connectivity index (χ1) is 7.43. The Morgan fingerprint density at radius 3 is 2.75 bits per heavy atom. The average molecular weight is 224 g/mol. The molecule has 0 spiro atoms. The number of carbonyl (C=O) groups excluding carboxylic acids is 1. The second kappa shape index (κ2) is 4.74. The average Bonchev–Trinajstić information content (AvgIpc) is 2.21. The highest BCUT2D eigenvalue weighted by molar-refractivity contribution is 6.06. The van der Waals surface area contributed by atoms with Crippen LogP contribution < -0.4 is 0 Å². The second-order valence-electron chi connectivity index (χ2n) is 3.56. The fourth-order valence-electron chi connectivity index (χ4n) is 1.11. The number of nitrogens with zero attached hydrogens (tertiary/aromatic N) is 2. The molecule has 0 saturated heterocycles. The summed E-state index contributed by atoms with van der Waals surface area (Å²) >= 11 is 0. The normalized spacial score (nSPS) is 10.8. The van der Waals surface area contributed by atoms with Crippen LogP contribution in [0, 0.1) is 12.7 Å². The van der Waals surface area contributed by atoms with Crippen molar-refractivity contribution in [3.05, 3.63) is 35.5 Å². The van der Waals surface area contributed by atoms with Gasteiger partial charge < -0.3 is 10.0 Å². The van der Waals surface area contributed by atoms with Gasteiger partial charge in [-0.15, -0.1) is 0 Å². The Morgan fingerprint density at radius 1 is 1.56 bits per heavy atom. The topological polar surface area (TPSA) is 53.4 Å². The molecule has 0 atom stereocenters. The van der Waals surface area contributed by atoms with Crippen molar-refractivity contribution in [3.8, 4) is 5.75 Å². The predicted octanol–water partition coefficient (Wildman–Crippen LogP) is 1.49. The number of carbonyl (C=O) groups is 1. The van der Waals surface area contributed by atoms with E-state index in [0.29, 0.717) is 0 Å². The van der Waals surface area contributed by atoms with E-state index in [1.807, 2.05) is 0 Å². The molecule has 1 aromatic rings. The maximum Gasteiger partial charge on any atom is 0.194 e. The van der Waals surface area contributed by atoms with Gasteiger partial charge >= 0.3 is 0 Å². The summed E-state index contributed by atoms with van der Waals surface area (Å²) in [5.41, 5.74) is -0.259. The van der Waals surface area contributed by atoms with Crippen LogP contribution in [0.25, 0.3) is 0 Å². The van der Waals surface area contributed by atoms with Gasteiger partial charge in [0, 0.05) is 26.4 Å². The second-order valence-corrected chi connectivity index (χ2v) is 3.56. The van der Waals surface area contributed by atoms with Crippen LogP contribution in [0.5, 0.6) is 5.75 Å². The number of hydrogen-bond donors (Lipinski definition) is 1. The Morgan fingerprint density at radius 2 is 2.19 bits per heavy atom. The number of halogens is 1. The van der Waals surface area contributed by atoms with E-state index in [4.69, 9.17) is 0 Å². The third-order valence-corrected chi connectivity index (χ3v) is 1.94. The van der Waals surface area contributed by atoms with Crippen LogP contribution in [0.1, 0.15) is 16.1 Å². The van der Waals surface area contributed by atoms with Crippen LogP contribution in [0.2, 0.25) is 0 Å². The number of pyridine rings is 1. The first kappa shape index (κ1) is 12.2. The Hall–Kier alpha value is -1.91. The van der Waals surface area contributed by atoms with Crippen molar-refractivity contribution in [3.63, 3.8) is 0 Å². The van der Waals surface area contributed by atoms with Gasteiger partial charge in [-0.3, -0.25) is 9.78 Å². The van der Waals surface area contributed by atoms with E-state index in [1.54, 1.807) is 19.0 Å². The quantitative estimate of drug-likeness (QED) is 0.624. The van der Waals surface area contributed by atoms with E-state index in [9.17, 15) is 14.3 Å². The molecule has 1 N–H and O–H groups in total. The van der Waals surface area contributed by atoms with E-state index < -0.39 is 17.3 Å². The molecular formula is C11H13FN2O2. The number of aryl methyl sites for hydroxylation is 1. The maximum absolute atomic E-state index is 13.5. The standard InChI is InChI=1S/C11H13FN2O2/c1-7-11(12)10(9(16)6-13-7)8(15)4-5-14(2)3/h4-6,16H,1-3H3. The molecule has 16 heavy (non-hydrogen) atoms. The highest BCUT2D eigenvalue weighted by Crippen LogP contribution is 2.21. The highest BCUT2D eigenvalue weighted by atomic mass is 19.1. The number of aromatic hydroxyl groups is 1. The van der Waals surface area contributed by atoms with Gasteiger partial charge in [-0.1, -0.05) is 0 Å². The van der Waals surface area contributed by atoms with Gasteiger partial charge in [0.25, 0.3) is 0 Å². The van der Waals surface area contributed by atoms with Gasteiger partial charge in [0.05, 0.1) is 11.9 Å². The minimum atomic E-state index is -0.784. The molecule has 5 heteroatoms. The zero-order valence-corrected chi connectivity index (χ0v) is 9.36. The molecule has 0 aliphatic carbocycles. The van der Waals surface area contributed by atoms with E-state index in [0.717, 1.165) is 6.20 Å². The zero-order chi connectivity index (χ0) is 12.3. The van der Waals surface area contributed by atoms with Crippen molar-refractivity contribution in [2.24, 2.45) is 0 Å². The summed E-state index contributed by atoms with van der Waals surface area (Å²) in [6, 6.07) is 0. The lowest BCUT2D eigenvalue weighted by Gasteiger charge is -2.05. The number of hydrogen-bond acceptors (Lipinski definition) is 4. The fourth-order valence-corrected chi connectivity index (χ4v) is 1.11. The monoisotopic (exact) mass is 224 g/mol. The summed E-state index contributed by atoms with van der Waals surface area (Å²) in [5, 5.41) is 9.38. The lowest BCUT2D eigenvalue weighted by atomic mass is 10.1. The number of allylic oxidation sites excluding steroid dienone is 1. The van der Waals surface area contributed by atoms with Crippen LogP contribution in [-0.4, -0.2) is 34.9 Å². The van der Waals surface area contributed by atoms with Crippen molar-refractivity contribution in [2.45, 2.75) is 6.92 Å². The zero-order valence-electron chi connectivity index (χ0n) is 9.36.